The Morgan fingerprint density at radius 3 is 2.07 bits per heavy atom. The van der Waals surface area contributed by atoms with Gasteiger partial charge in [0, 0.05) is 24.3 Å². The molecule has 2 aromatic carbocycles. The number of phenolic OH excluding ortho intramolecular Hbond substituents is 1. The summed E-state index contributed by atoms with van der Waals surface area (Å²) < 4.78 is 4.97. The van der Waals surface area contributed by atoms with Crippen molar-refractivity contribution in [2.45, 2.75) is 6.61 Å². The van der Waals surface area contributed by atoms with Crippen LogP contribution in [0.4, 0.5) is 11.4 Å². The number of ether oxygens (including phenoxy) is 1. The number of nitro groups is 2. The Morgan fingerprint density at radius 1 is 0.933 bits per heavy atom. The van der Waals surface area contributed by atoms with Crippen molar-refractivity contribution >= 4 is 35.5 Å². The van der Waals surface area contributed by atoms with Crippen molar-refractivity contribution in [1.82, 2.24) is 0 Å². The van der Waals surface area contributed by atoms with Gasteiger partial charge in [0.25, 0.3) is 5.69 Å². The van der Waals surface area contributed by atoms with Gasteiger partial charge in [-0.1, -0.05) is 0 Å². The number of carboxylic acids is 1. The Labute approximate surface area is 168 Å². The van der Waals surface area contributed by atoms with Crippen LogP contribution in [-0.4, -0.2) is 32.0 Å². The lowest BCUT2D eigenvalue weighted by Crippen LogP contribution is -2.04. The zero-order valence-corrected chi connectivity index (χ0v) is 15.1. The SMILES string of the molecule is O=C(O)C=Cc1ccc([N+](=O)[O-])c(COC(=O)C=Cc2ccc([N+](=O)[O-])c(O)c2)c1. The molecular formula is C19H14N2O9. The molecule has 0 unspecified atom stereocenters. The van der Waals surface area contributed by atoms with Gasteiger partial charge in [-0.05, 0) is 47.5 Å². The molecule has 0 aliphatic heterocycles. The number of esters is 1. The lowest BCUT2D eigenvalue weighted by Gasteiger charge is -2.05. The van der Waals surface area contributed by atoms with E-state index in [1.54, 1.807) is 0 Å². The summed E-state index contributed by atoms with van der Waals surface area (Å²) in [5.74, 6) is -2.62. The standard InChI is InChI=1S/C19H14N2O9/c22-17-10-13(2-6-16(17)21(28)29)4-8-19(25)30-11-14-9-12(3-7-18(23)24)1-5-15(14)20(26)27/h1-10,22H,11H2,(H,23,24). The number of phenols is 1. The van der Waals surface area contributed by atoms with Gasteiger partial charge in [-0.2, -0.15) is 0 Å². The van der Waals surface area contributed by atoms with Crippen molar-refractivity contribution in [3.8, 4) is 5.75 Å². The van der Waals surface area contributed by atoms with Crippen LogP contribution in [0.25, 0.3) is 12.2 Å². The van der Waals surface area contributed by atoms with Crippen molar-refractivity contribution < 1.29 is 34.4 Å². The summed E-state index contributed by atoms with van der Waals surface area (Å²) in [5, 5.41) is 40.0. The second-order valence-electron chi connectivity index (χ2n) is 5.76. The second kappa shape index (κ2) is 9.59. The molecule has 0 aromatic heterocycles. The fourth-order valence-corrected chi connectivity index (χ4v) is 2.33. The number of hydrogen-bond donors (Lipinski definition) is 2. The average molecular weight is 414 g/mol. The van der Waals surface area contributed by atoms with E-state index in [9.17, 15) is 34.9 Å². The molecule has 0 atom stereocenters. The largest absolute Gasteiger partial charge is 0.502 e. The maximum Gasteiger partial charge on any atom is 0.331 e. The maximum absolute atomic E-state index is 11.9. The first kappa shape index (κ1) is 21.8. The third-order valence-electron chi connectivity index (χ3n) is 3.70. The molecule has 11 heteroatoms. The third kappa shape index (κ3) is 5.99. The van der Waals surface area contributed by atoms with Gasteiger partial charge in [0.05, 0.1) is 15.4 Å². The van der Waals surface area contributed by atoms with E-state index in [0.717, 1.165) is 24.3 Å². The minimum Gasteiger partial charge on any atom is -0.502 e. The second-order valence-corrected chi connectivity index (χ2v) is 5.76. The first-order valence-electron chi connectivity index (χ1n) is 8.18. The topological polar surface area (TPSA) is 170 Å². The molecule has 0 fully saturated rings. The summed E-state index contributed by atoms with van der Waals surface area (Å²) in [4.78, 5) is 42.8. The molecule has 0 heterocycles. The minimum atomic E-state index is -1.19. The molecule has 154 valence electrons. The van der Waals surface area contributed by atoms with Gasteiger partial charge >= 0.3 is 17.6 Å². The van der Waals surface area contributed by atoms with Gasteiger partial charge < -0.3 is 14.9 Å². The van der Waals surface area contributed by atoms with Crippen molar-refractivity contribution in [3.63, 3.8) is 0 Å². The van der Waals surface area contributed by atoms with Crippen LogP contribution in [0.3, 0.4) is 0 Å². The molecular weight excluding hydrogens is 400 g/mol. The zero-order chi connectivity index (χ0) is 22.3. The number of nitro benzene ring substituents is 2. The Morgan fingerprint density at radius 2 is 1.50 bits per heavy atom. The normalized spacial score (nSPS) is 10.9. The van der Waals surface area contributed by atoms with Gasteiger partial charge in [0.15, 0.2) is 5.75 Å². The molecule has 0 bridgehead atoms. The molecule has 0 aliphatic carbocycles. The average Bonchev–Trinajstić information content (AvgIpc) is 2.68. The molecule has 0 amide bonds. The highest BCUT2D eigenvalue weighted by molar-refractivity contribution is 5.87. The quantitative estimate of drug-likeness (QED) is 0.285. The number of aromatic hydroxyl groups is 1. The van der Waals surface area contributed by atoms with Gasteiger partial charge in [0.2, 0.25) is 0 Å². The number of aliphatic carboxylic acids is 1. The van der Waals surface area contributed by atoms with E-state index >= 15 is 0 Å². The van der Waals surface area contributed by atoms with Gasteiger partial charge in [0.1, 0.15) is 6.61 Å². The minimum absolute atomic E-state index is 0.0577. The van der Waals surface area contributed by atoms with E-state index in [-0.39, 0.29) is 11.3 Å². The first-order valence-corrected chi connectivity index (χ1v) is 8.18. The van der Waals surface area contributed by atoms with Crippen LogP contribution in [0.15, 0.2) is 48.6 Å². The zero-order valence-electron chi connectivity index (χ0n) is 15.1. The van der Waals surface area contributed by atoms with E-state index < -0.39 is 39.8 Å². The van der Waals surface area contributed by atoms with Crippen LogP contribution in [0, 0.1) is 20.2 Å². The van der Waals surface area contributed by atoms with Crippen LogP contribution in [0.5, 0.6) is 5.75 Å². The highest BCUT2D eigenvalue weighted by Gasteiger charge is 2.15. The van der Waals surface area contributed by atoms with E-state index in [4.69, 9.17) is 9.84 Å². The molecule has 2 N–H and O–H groups in total. The van der Waals surface area contributed by atoms with Crippen LogP contribution >= 0.6 is 0 Å². The number of hydrogen-bond acceptors (Lipinski definition) is 8. The third-order valence-corrected chi connectivity index (χ3v) is 3.70. The highest BCUT2D eigenvalue weighted by atomic mass is 16.6. The van der Waals surface area contributed by atoms with E-state index in [0.29, 0.717) is 11.1 Å². The summed E-state index contributed by atoms with van der Waals surface area (Å²) in [5.41, 5.74) is -0.0755. The number of carbonyl (C=O) groups excluding carboxylic acids is 1. The van der Waals surface area contributed by atoms with Crippen LogP contribution in [0.2, 0.25) is 0 Å². The van der Waals surface area contributed by atoms with Crippen molar-refractivity contribution in [3.05, 3.63) is 85.5 Å². The smallest absolute Gasteiger partial charge is 0.331 e. The first-order chi connectivity index (χ1) is 14.2. The fraction of sp³-hybridized carbons (Fsp3) is 0.0526. The van der Waals surface area contributed by atoms with E-state index in [1.165, 1.54) is 36.4 Å². The monoisotopic (exact) mass is 414 g/mol. The molecule has 0 aliphatic rings. The molecule has 2 aromatic rings. The Kier molecular flexibility index (Phi) is 6.96. The lowest BCUT2D eigenvalue weighted by atomic mass is 10.1. The summed E-state index contributed by atoms with van der Waals surface area (Å²) in [6.45, 7) is -0.445. The predicted molar refractivity (Wildman–Crippen MR) is 103 cm³/mol. The Bertz CT molecular complexity index is 1070. The lowest BCUT2D eigenvalue weighted by molar-refractivity contribution is -0.386. The molecule has 0 saturated heterocycles. The molecule has 0 spiro atoms. The van der Waals surface area contributed by atoms with Gasteiger partial charge in [-0.25, -0.2) is 9.59 Å². The number of nitrogens with zero attached hydrogens (tertiary/aromatic N) is 2. The summed E-state index contributed by atoms with van der Waals surface area (Å²) >= 11 is 0. The Hall–Kier alpha value is -4.54. The van der Waals surface area contributed by atoms with E-state index in [1.807, 2.05) is 0 Å². The van der Waals surface area contributed by atoms with Crippen LogP contribution in [-0.2, 0) is 20.9 Å². The summed E-state index contributed by atoms with van der Waals surface area (Å²) in [6.07, 6.45) is 4.32. The number of benzene rings is 2. The highest BCUT2D eigenvalue weighted by Crippen LogP contribution is 2.27. The molecule has 30 heavy (non-hydrogen) atoms. The molecule has 2 rings (SSSR count). The summed E-state index contributed by atoms with van der Waals surface area (Å²) in [7, 11) is 0. The van der Waals surface area contributed by atoms with Crippen LogP contribution in [0.1, 0.15) is 16.7 Å². The fourth-order valence-electron chi connectivity index (χ4n) is 2.33. The van der Waals surface area contributed by atoms with Crippen molar-refractivity contribution in [2.75, 3.05) is 0 Å². The number of carboxylic acid groups (broad SMARTS) is 1. The predicted octanol–water partition coefficient (Wildman–Crippen LogP) is 3.06. The summed E-state index contributed by atoms with van der Waals surface area (Å²) in [6, 6.07) is 7.31. The Balaban J connectivity index is 2.11. The number of rotatable bonds is 8. The molecule has 11 nitrogen and oxygen atoms in total. The van der Waals surface area contributed by atoms with Crippen LogP contribution < -0.4 is 0 Å². The van der Waals surface area contributed by atoms with Gasteiger partial charge in [-0.3, -0.25) is 20.2 Å². The molecule has 0 saturated carbocycles. The van der Waals surface area contributed by atoms with Crippen molar-refractivity contribution in [1.29, 1.82) is 0 Å². The molecule has 0 radical (unpaired) electrons. The van der Waals surface area contributed by atoms with E-state index in [2.05, 4.69) is 0 Å². The number of carbonyl (C=O) groups is 2. The van der Waals surface area contributed by atoms with Crippen molar-refractivity contribution in [2.24, 2.45) is 0 Å². The van der Waals surface area contributed by atoms with Gasteiger partial charge in [-0.15, -0.1) is 0 Å². The maximum atomic E-state index is 11.9.